The molecule has 6 nitrogen and oxygen atoms in total. The first-order valence-corrected chi connectivity index (χ1v) is 11.3. The second-order valence-electron chi connectivity index (χ2n) is 9.02. The highest BCUT2D eigenvalue weighted by molar-refractivity contribution is 6.20. The van der Waals surface area contributed by atoms with E-state index in [0.717, 1.165) is 25.7 Å². The Bertz CT molecular complexity index is 575. The van der Waals surface area contributed by atoms with Crippen LogP contribution in [0.25, 0.3) is 0 Å². The van der Waals surface area contributed by atoms with Crippen molar-refractivity contribution in [3.63, 3.8) is 0 Å². The molecule has 1 saturated heterocycles. The van der Waals surface area contributed by atoms with Gasteiger partial charge in [-0.3, -0.25) is 15.5 Å². The first kappa shape index (κ1) is 22.7. The standard InChI is InChI=1S/C20H34ClF2N5O/c1-11(2)24-20(26-19(29)12-3-5-14(21)6-4-12)25-18-10-17(27-28-18)13-7-15(22)9-16(23)8-13/h11-18,27-28H,3-10H2,1-2H3,(H2,24,25,26,29). The Balaban J connectivity index is 1.57. The van der Waals surface area contributed by atoms with Crippen molar-refractivity contribution in [2.75, 3.05) is 0 Å². The molecule has 4 N–H and O–H groups in total. The molecule has 0 spiro atoms. The third-order valence-electron chi connectivity index (χ3n) is 6.09. The number of carbonyl (C=O) groups excluding carboxylic acids is 1. The fraction of sp³-hybridized carbons (Fsp3) is 0.900. The average Bonchev–Trinajstić information content (AvgIpc) is 3.09. The zero-order chi connectivity index (χ0) is 21.0. The summed E-state index contributed by atoms with van der Waals surface area (Å²) in [7, 11) is 0. The summed E-state index contributed by atoms with van der Waals surface area (Å²) < 4.78 is 27.5. The predicted molar refractivity (Wildman–Crippen MR) is 111 cm³/mol. The molecular formula is C20H34ClF2N5O. The molecule has 0 bridgehead atoms. The van der Waals surface area contributed by atoms with E-state index in [4.69, 9.17) is 11.6 Å². The van der Waals surface area contributed by atoms with Crippen LogP contribution in [0.1, 0.15) is 65.2 Å². The molecule has 0 radical (unpaired) electrons. The number of alkyl halides is 3. The van der Waals surface area contributed by atoms with Crippen molar-refractivity contribution >= 4 is 23.5 Å². The minimum Gasteiger partial charge on any atom is -0.354 e. The number of hydrogen-bond donors (Lipinski definition) is 4. The second kappa shape index (κ2) is 10.4. The normalized spacial score (nSPS) is 38.8. The molecule has 29 heavy (non-hydrogen) atoms. The van der Waals surface area contributed by atoms with Gasteiger partial charge in [-0.2, -0.15) is 0 Å². The van der Waals surface area contributed by atoms with Crippen molar-refractivity contribution < 1.29 is 13.6 Å². The molecule has 3 aliphatic rings. The Morgan fingerprint density at radius 3 is 2.31 bits per heavy atom. The maximum Gasteiger partial charge on any atom is 0.229 e. The summed E-state index contributed by atoms with van der Waals surface area (Å²) in [6, 6.07) is 0.0753. The van der Waals surface area contributed by atoms with Gasteiger partial charge in [-0.05, 0) is 58.3 Å². The summed E-state index contributed by atoms with van der Waals surface area (Å²) in [6.45, 7) is 3.96. The minimum atomic E-state index is -1.08. The Labute approximate surface area is 177 Å². The van der Waals surface area contributed by atoms with Gasteiger partial charge in [0.1, 0.15) is 18.5 Å². The highest BCUT2D eigenvalue weighted by Crippen LogP contribution is 2.33. The van der Waals surface area contributed by atoms with Gasteiger partial charge in [0.25, 0.3) is 0 Å². The lowest BCUT2D eigenvalue weighted by Gasteiger charge is -2.31. The number of aliphatic imine (C=N–C) groups is 1. The van der Waals surface area contributed by atoms with Crippen molar-refractivity contribution in [3.8, 4) is 0 Å². The maximum atomic E-state index is 13.8. The average molecular weight is 434 g/mol. The highest BCUT2D eigenvalue weighted by atomic mass is 35.5. The second-order valence-corrected chi connectivity index (χ2v) is 9.64. The van der Waals surface area contributed by atoms with Gasteiger partial charge < -0.3 is 5.32 Å². The number of hydrogen-bond acceptors (Lipinski definition) is 4. The van der Waals surface area contributed by atoms with Gasteiger partial charge in [-0.1, -0.05) is 0 Å². The molecule has 3 fully saturated rings. The molecule has 0 aromatic heterocycles. The minimum absolute atomic E-state index is 0.0123. The van der Waals surface area contributed by atoms with E-state index < -0.39 is 12.3 Å². The van der Waals surface area contributed by atoms with Crippen LogP contribution in [0.5, 0.6) is 0 Å². The lowest BCUT2D eigenvalue weighted by molar-refractivity contribution is -0.124. The van der Waals surface area contributed by atoms with Gasteiger partial charge >= 0.3 is 0 Å². The van der Waals surface area contributed by atoms with Gasteiger partial charge in [0.15, 0.2) is 5.96 Å². The van der Waals surface area contributed by atoms with Crippen LogP contribution in [-0.2, 0) is 4.79 Å². The monoisotopic (exact) mass is 433 g/mol. The largest absolute Gasteiger partial charge is 0.354 e. The molecular weight excluding hydrogens is 400 g/mol. The van der Waals surface area contributed by atoms with Crippen LogP contribution < -0.4 is 21.5 Å². The van der Waals surface area contributed by atoms with E-state index in [1.54, 1.807) is 0 Å². The number of carbonyl (C=O) groups is 1. The summed E-state index contributed by atoms with van der Waals surface area (Å²) in [5.74, 6) is 0.309. The van der Waals surface area contributed by atoms with Gasteiger partial charge in [-0.25, -0.2) is 19.2 Å². The van der Waals surface area contributed by atoms with Crippen molar-refractivity contribution in [3.05, 3.63) is 0 Å². The van der Waals surface area contributed by atoms with Crippen molar-refractivity contribution in [1.82, 2.24) is 21.5 Å². The first-order chi connectivity index (χ1) is 13.8. The van der Waals surface area contributed by atoms with Gasteiger partial charge in [0.05, 0.1) is 0 Å². The molecule has 1 heterocycles. The molecule has 0 aromatic carbocycles. The molecule has 3 rings (SSSR count). The van der Waals surface area contributed by atoms with E-state index in [-0.39, 0.29) is 47.8 Å². The van der Waals surface area contributed by atoms with E-state index >= 15 is 0 Å². The van der Waals surface area contributed by atoms with Crippen LogP contribution in [0.4, 0.5) is 8.78 Å². The summed E-state index contributed by atoms with van der Waals surface area (Å²) in [5.41, 5.74) is 6.26. The van der Waals surface area contributed by atoms with E-state index in [9.17, 15) is 13.6 Å². The van der Waals surface area contributed by atoms with Gasteiger partial charge in [-0.15, -0.1) is 11.6 Å². The third kappa shape index (κ3) is 6.76. The van der Waals surface area contributed by atoms with E-state index in [1.165, 1.54) is 0 Å². The van der Waals surface area contributed by atoms with Crippen molar-refractivity contribution in [2.24, 2.45) is 16.8 Å². The summed E-state index contributed by atoms with van der Waals surface area (Å²) >= 11 is 6.14. The number of hydrazine groups is 1. The van der Waals surface area contributed by atoms with Crippen molar-refractivity contribution in [1.29, 1.82) is 0 Å². The zero-order valence-corrected chi connectivity index (χ0v) is 18.0. The number of halogens is 3. The predicted octanol–water partition coefficient (Wildman–Crippen LogP) is 2.92. The Morgan fingerprint density at radius 2 is 1.69 bits per heavy atom. The van der Waals surface area contributed by atoms with E-state index in [0.29, 0.717) is 25.2 Å². The van der Waals surface area contributed by atoms with Crippen LogP contribution in [0.15, 0.2) is 4.99 Å². The quantitative estimate of drug-likeness (QED) is 0.312. The van der Waals surface area contributed by atoms with Crippen LogP contribution in [0.3, 0.4) is 0 Å². The van der Waals surface area contributed by atoms with Crippen LogP contribution >= 0.6 is 11.6 Å². The lowest BCUT2D eigenvalue weighted by atomic mass is 9.81. The molecule has 2 aliphatic carbocycles. The zero-order valence-electron chi connectivity index (χ0n) is 17.3. The Kier molecular flexibility index (Phi) is 8.10. The molecule has 0 aromatic rings. The Hall–Kier alpha value is -0.990. The molecule has 2 saturated carbocycles. The van der Waals surface area contributed by atoms with Crippen LogP contribution in [0, 0.1) is 11.8 Å². The molecule has 1 amide bonds. The van der Waals surface area contributed by atoms with Crippen LogP contribution in [0.2, 0.25) is 0 Å². The number of rotatable bonds is 4. The number of nitrogens with zero attached hydrogens (tertiary/aromatic N) is 1. The van der Waals surface area contributed by atoms with Gasteiger partial charge in [0.2, 0.25) is 5.91 Å². The summed E-state index contributed by atoms with van der Waals surface area (Å²) in [6.07, 6.45) is 2.27. The third-order valence-corrected chi connectivity index (χ3v) is 6.53. The van der Waals surface area contributed by atoms with E-state index in [1.807, 2.05) is 13.8 Å². The lowest BCUT2D eigenvalue weighted by Crippen LogP contribution is -2.48. The smallest absolute Gasteiger partial charge is 0.229 e. The number of nitrogens with one attached hydrogen (secondary N) is 4. The number of amides is 1. The Morgan fingerprint density at radius 1 is 1.03 bits per heavy atom. The molecule has 4 atom stereocenters. The summed E-state index contributed by atoms with van der Waals surface area (Å²) in [4.78, 5) is 17.3. The first-order valence-electron chi connectivity index (χ1n) is 10.9. The molecule has 1 aliphatic heterocycles. The fourth-order valence-corrected chi connectivity index (χ4v) is 4.83. The topological polar surface area (TPSA) is 77.6 Å². The van der Waals surface area contributed by atoms with Crippen LogP contribution in [-0.4, -0.2) is 47.8 Å². The number of guanidine groups is 1. The van der Waals surface area contributed by atoms with Gasteiger partial charge in [0, 0.05) is 36.2 Å². The van der Waals surface area contributed by atoms with Crippen molar-refractivity contribution in [2.45, 2.75) is 101 Å². The van der Waals surface area contributed by atoms with E-state index in [2.05, 4.69) is 26.5 Å². The maximum absolute atomic E-state index is 13.8. The molecule has 166 valence electrons. The molecule has 9 heteroatoms. The molecule has 4 unspecified atom stereocenters. The fourth-order valence-electron chi connectivity index (χ4n) is 4.58. The highest BCUT2D eigenvalue weighted by Gasteiger charge is 2.37. The SMILES string of the molecule is CC(C)N/C(=N\C1CC(C2CC(F)CC(F)C2)NN1)NC(=O)C1CCC(Cl)CC1. The summed E-state index contributed by atoms with van der Waals surface area (Å²) in [5, 5.41) is 6.30.